The van der Waals surface area contributed by atoms with Crippen molar-refractivity contribution in [3.8, 4) is 0 Å². The molecule has 154 valence electrons. The van der Waals surface area contributed by atoms with Gasteiger partial charge in [-0.2, -0.15) is 10.1 Å². The molecule has 3 rings (SSSR count). The van der Waals surface area contributed by atoms with E-state index in [1.54, 1.807) is 22.2 Å². The molecule has 0 aliphatic carbocycles. The van der Waals surface area contributed by atoms with E-state index in [-0.39, 0.29) is 24.5 Å². The van der Waals surface area contributed by atoms with Crippen molar-refractivity contribution in [1.82, 2.24) is 14.3 Å². The maximum absolute atomic E-state index is 13.0. The number of esters is 1. The third-order valence-electron chi connectivity index (χ3n) is 4.65. The molecule has 1 amide bonds. The summed E-state index contributed by atoms with van der Waals surface area (Å²) in [7, 11) is 0. The molecule has 29 heavy (non-hydrogen) atoms. The number of nitrogens with zero attached hydrogens (tertiary/aromatic N) is 4. The van der Waals surface area contributed by atoms with E-state index >= 15 is 0 Å². The van der Waals surface area contributed by atoms with Gasteiger partial charge in [-0.15, -0.1) is 0 Å². The first-order chi connectivity index (χ1) is 13.7. The Bertz CT molecular complexity index is 1150. The topological polar surface area (TPSA) is 78.5 Å². The second-order valence-corrected chi connectivity index (χ2v) is 8.32. The highest BCUT2D eigenvalue weighted by molar-refractivity contribution is 7.16. The van der Waals surface area contributed by atoms with Gasteiger partial charge in [0.2, 0.25) is 0 Å². The van der Waals surface area contributed by atoms with Crippen LogP contribution in [-0.4, -0.2) is 32.8 Å². The van der Waals surface area contributed by atoms with Crippen LogP contribution in [0.25, 0.3) is 10.2 Å². The molecule has 0 spiro atoms. The normalized spacial score (nSPS) is 12.2. The van der Waals surface area contributed by atoms with Crippen LogP contribution in [0.15, 0.2) is 23.2 Å². The number of carbonyl (C=O) groups is 2. The van der Waals surface area contributed by atoms with E-state index in [0.29, 0.717) is 17.1 Å². The average molecular weight is 415 g/mol. The first-order valence-electron chi connectivity index (χ1n) is 9.62. The van der Waals surface area contributed by atoms with Crippen molar-refractivity contribution in [2.24, 2.45) is 4.99 Å². The molecule has 0 radical (unpaired) electrons. The van der Waals surface area contributed by atoms with Crippen LogP contribution in [0.2, 0.25) is 0 Å². The molecule has 0 aliphatic rings. The molecule has 0 N–H and O–H groups in total. The molecule has 0 saturated carbocycles. The van der Waals surface area contributed by atoms with E-state index in [9.17, 15) is 9.59 Å². The molecule has 7 nitrogen and oxygen atoms in total. The first kappa shape index (κ1) is 21.0. The SMILES string of the molecule is CCOC(=O)Cn1c(=NC(=O)c2cc(C)nn2C(C)C)sc2cc(C)c(C)cc21. The van der Waals surface area contributed by atoms with Gasteiger partial charge in [0.15, 0.2) is 4.80 Å². The third kappa shape index (κ3) is 4.32. The fourth-order valence-corrected chi connectivity index (χ4v) is 4.22. The zero-order chi connectivity index (χ0) is 21.3. The van der Waals surface area contributed by atoms with Crippen molar-refractivity contribution in [3.05, 3.63) is 45.5 Å². The standard InChI is InChI=1S/C21H26N4O3S/c1-7-28-19(26)11-24-16-8-13(4)14(5)9-18(16)29-21(24)22-20(27)17-10-15(6)23-25(17)12(2)3/h8-10,12H,7,11H2,1-6H3. The molecule has 0 saturated heterocycles. The number of ether oxygens (including phenoxy) is 1. The fraction of sp³-hybridized carbons (Fsp3) is 0.429. The Balaban J connectivity index is 2.17. The van der Waals surface area contributed by atoms with Crippen molar-refractivity contribution in [2.75, 3.05) is 6.61 Å². The maximum atomic E-state index is 13.0. The number of hydrogen-bond donors (Lipinski definition) is 0. The zero-order valence-electron chi connectivity index (χ0n) is 17.6. The molecule has 3 aromatic rings. The van der Waals surface area contributed by atoms with Crippen LogP contribution in [0.3, 0.4) is 0 Å². The van der Waals surface area contributed by atoms with Crippen LogP contribution in [0.1, 0.15) is 54.1 Å². The summed E-state index contributed by atoms with van der Waals surface area (Å²) < 4.78 is 9.52. The number of thiazole rings is 1. The van der Waals surface area contributed by atoms with Gasteiger partial charge in [-0.3, -0.25) is 14.3 Å². The van der Waals surface area contributed by atoms with Crippen LogP contribution in [-0.2, 0) is 16.1 Å². The van der Waals surface area contributed by atoms with Gasteiger partial charge < -0.3 is 9.30 Å². The van der Waals surface area contributed by atoms with Crippen LogP contribution in [0.5, 0.6) is 0 Å². The maximum Gasteiger partial charge on any atom is 0.326 e. The number of benzene rings is 1. The zero-order valence-corrected chi connectivity index (χ0v) is 18.5. The van der Waals surface area contributed by atoms with Crippen molar-refractivity contribution in [2.45, 2.75) is 54.1 Å². The van der Waals surface area contributed by atoms with E-state index in [1.165, 1.54) is 11.3 Å². The quantitative estimate of drug-likeness (QED) is 0.596. The van der Waals surface area contributed by atoms with Crippen LogP contribution >= 0.6 is 11.3 Å². The van der Waals surface area contributed by atoms with Crippen LogP contribution in [0, 0.1) is 20.8 Å². The second-order valence-electron chi connectivity index (χ2n) is 7.31. The lowest BCUT2D eigenvalue weighted by Crippen LogP contribution is -2.23. The van der Waals surface area contributed by atoms with Crippen LogP contribution in [0.4, 0.5) is 0 Å². The second kappa shape index (κ2) is 8.32. The van der Waals surface area contributed by atoms with E-state index in [2.05, 4.69) is 16.2 Å². The molecule has 0 atom stereocenters. The summed E-state index contributed by atoms with van der Waals surface area (Å²) in [6.07, 6.45) is 0. The van der Waals surface area contributed by atoms with Gasteiger partial charge in [-0.1, -0.05) is 11.3 Å². The molecule has 0 fully saturated rings. The van der Waals surface area contributed by atoms with Gasteiger partial charge in [0.05, 0.1) is 22.5 Å². The van der Waals surface area contributed by atoms with Gasteiger partial charge in [-0.05, 0) is 70.9 Å². The van der Waals surface area contributed by atoms with Gasteiger partial charge in [0, 0.05) is 6.04 Å². The highest BCUT2D eigenvalue weighted by atomic mass is 32.1. The van der Waals surface area contributed by atoms with Gasteiger partial charge in [0.25, 0.3) is 5.91 Å². The monoisotopic (exact) mass is 414 g/mol. The van der Waals surface area contributed by atoms with Crippen LogP contribution < -0.4 is 4.80 Å². The predicted octanol–water partition coefficient (Wildman–Crippen LogP) is 3.71. The summed E-state index contributed by atoms with van der Waals surface area (Å²) in [5.74, 6) is -0.737. The Morgan fingerprint density at radius 2 is 1.86 bits per heavy atom. The summed E-state index contributed by atoms with van der Waals surface area (Å²) in [6.45, 7) is 11.9. The summed E-state index contributed by atoms with van der Waals surface area (Å²) in [6, 6.07) is 5.86. The van der Waals surface area contributed by atoms with Crippen molar-refractivity contribution < 1.29 is 14.3 Å². The molecular weight excluding hydrogens is 388 g/mol. The number of aryl methyl sites for hydroxylation is 3. The largest absolute Gasteiger partial charge is 0.465 e. The number of amides is 1. The molecule has 0 bridgehead atoms. The Morgan fingerprint density at radius 3 is 2.52 bits per heavy atom. The molecule has 2 heterocycles. The highest BCUT2D eigenvalue weighted by Crippen LogP contribution is 2.22. The van der Waals surface area contributed by atoms with E-state index in [4.69, 9.17) is 4.74 Å². The highest BCUT2D eigenvalue weighted by Gasteiger charge is 2.18. The summed E-state index contributed by atoms with van der Waals surface area (Å²) in [5, 5.41) is 4.39. The van der Waals surface area contributed by atoms with Gasteiger partial charge in [-0.25, -0.2) is 0 Å². The Morgan fingerprint density at radius 1 is 1.17 bits per heavy atom. The average Bonchev–Trinajstić information content (AvgIpc) is 3.17. The number of hydrogen-bond acceptors (Lipinski definition) is 5. The summed E-state index contributed by atoms with van der Waals surface area (Å²) in [5.41, 5.74) is 4.32. The van der Waals surface area contributed by atoms with Crippen molar-refractivity contribution >= 4 is 33.4 Å². The smallest absolute Gasteiger partial charge is 0.326 e. The van der Waals surface area contributed by atoms with Crippen molar-refractivity contribution in [1.29, 1.82) is 0 Å². The van der Waals surface area contributed by atoms with E-state index in [1.807, 2.05) is 40.7 Å². The lowest BCUT2D eigenvalue weighted by molar-refractivity contribution is -0.143. The summed E-state index contributed by atoms with van der Waals surface area (Å²) >= 11 is 1.39. The summed E-state index contributed by atoms with van der Waals surface area (Å²) in [4.78, 5) is 30.0. The Kier molecular flexibility index (Phi) is 6.02. The minimum atomic E-state index is -0.378. The molecule has 1 aromatic carbocycles. The Labute approximate surface area is 173 Å². The number of aromatic nitrogens is 3. The van der Waals surface area contributed by atoms with Gasteiger partial charge in [0.1, 0.15) is 12.2 Å². The minimum Gasteiger partial charge on any atom is -0.465 e. The first-order valence-corrected chi connectivity index (χ1v) is 10.4. The minimum absolute atomic E-state index is 0.00489. The van der Waals surface area contributed by atoms with E-state index in [0.717, 1.165) is 27.0 Å². The molecular formula is C21H26N4O3S. The third-order valence-corrected chi connectivity index (χ3v) is 5.70. The number of rotatable bonds is 5. The van der Waals surface area contributed by atoms with Crippen molar-refractivity contribution in [3.63, 3.8) is 0 Å². The lowest BCUT2D eigenvalue weighted by atomic mass is 10.1. The molecule has 0 aliphatic heterocycles. The Hall–Kier alpha value is -2.74. The van der Waals surface area contributed by atoms with Gasteiger partial charge >= 0.3 is 5.97 Å². The molecule has 2 aromatic heterocycles. The van der Waals surface area contributed by atoms with E-state index < -0.39 is 0 Å². The lowest BCUT2D eigenvalue weighted by Gasteiger charge is -2.08. The predicted molar refractivity (Wildman–Crippen MR) is 113 cm³/mol. The molecule has 8 heteroatoms. The number of fused-ring (bicyclic) bond motifs is 1. The fourth-order valence-electron chi connectivity index (χ4n) is 3.11. The number of carbonyl (C=O) groups excluding carboxylic acids is 2. The molecule has 0 unspecified atom stereocenters.